The van der Waals surface area contributed by atoms with E-state index in [4.69, 9.17) is 4.74 Å². The number of aryl methyl sites for hydroxylation is 1. The maximum Gasteiger partial charge on any atom is 0.133 e. The van der Waals surface area contributed by atoms with E-state index in [9.17, 15) is 0 Å². The summed E-state index contributed by atoms with van der Waals surface area (Å²) in [6.07, 6.45) is 5.36. The fourth-order valence-corrected chi connectivity index (χ4v) is 2.47. The van der Waals surface area contributed by atoms with Crippen LogP contribution >= 0.6 is 0 Å². The molecule has 0 amide bonds. The summed E-state index contributed by atoms with van der Waals surface area (Å²) in [7, 11) is 0. The number of nitrogens with one attached hydrogen (secondary N) is 2. The van der Waals surface area contributed by atoms with E-state index in [-0.39, 0.29) is 0 Å². The zero-order valence-electron chi connectivity index (χ0n) is 13.3. The molecule has 0 aromatic carbocycles. The number of hydrogen-bond donors (Lipinski definition) is 2. The van der Waals surface area contributed by atoms with Crippen molar-refractivity contribution in [1.82, 2.24) is 9.97 Å². The minimum Gasteiger partial charge on any atom is -0.381 e. The fraction of sp³-hybridized carbons (Fsp3) is 0.750. The third-order valence-corrected chi connectivity index (χ3v) is 3.71. The number of rotatable bonds is 8. The lowest BCUT2D eigenvalue weighted by molar-refractivity contribution is 0.0699. The lowest BCUT2D eigenvalue weighted by Crippen LogP contribution is -2.23. The van der Waals surface area contributed by atoms with Gasteiger partial charge in [-0.25, -0.2) is 9.97 Å². The van der Waals surface area contributed by atoms with Gasteiger partial charge in [0.25, 0.3) is 0 Å². The van der Waals surface area contributed by atoms with Gasteiger partial charge in [0, 0.05) is 38.8 Å². The summed E-state index contributed by atoms with van der Waals surface area (Å²) in [4.78, 5) is 9.20. The van der Waals surface area contributed by atoms with E-state index in [2.05, 4.69) is 34.4 Å². The first-order chi connectivity index (χ1) is 10.3. The van der Waals surface area contributed by atoms with Crippen molar-refractivity contribution in [2.24, 2.45) is 5.92 Å². The molecule has 0 unspecified atom stereocenters. The van der Waals surface area contributed by atoms with E-state index < -0.39 is 0 Å². The van der Waals surface area contributed by atoms with Gasteiger partial charge >= 0.3 is 0 Å². The van der Waals surface area contributed by atoms with Gasteiger partial charge < -0.3 is 15.4 Å². The molecule has 2 rings (SSSR count). The minimum atomic E-state index is 0.690. The highest BCUT2D eigenvalue weighted by Crippen LogP contribution is 2.17. The van der Waals surface area contributed by atoms with Crippen LogP contribution in [0.15, 0.2) is 6.07 Å². The van der Waals surface area contributed by atoms with Gasteiger partial charge in [-0.3, -0.25) is 0 Å². The van der Waals surface area contributed by atoms with Crippen LogP contribution in [0, 0.1) is 5.92 Å². The number of ether oxygens (including phenoxy) is 1. The smallest absolute Gasteiger partial charge is 0.133 e. The van der Waals surface area contributed by atoms with Crippen molar-refractivity contribution in [3.63, 3.8) is 0 Å². The van der Waals surface area contributed by atoms with Crippen LogP contribution in [0.25, 0.3) is 0 Å². The van der Waals surface area contributed by atoms with Crippen molar-refractivity contribution in [2.45, 2.75) is 46.0 Å². The first-order valence-corrected chi connectivity index (χ1v) is 8.25. The first-order valence-electron chi connectivity index (χ1n) is 8.25. The Bertz CT molecular complexity index is 419. The largest absolute Gasteiger partial charge is 0.381 e. The lowest BCUT2D eigenvalue weighted by Gasteiger charge is -2.22. The van der Waals surface area contributed by atoms with Crippen molar-refractivity contribution < 1.29 is 4.74 Å². The molecular formula is C16H28N4O. The van der Waals surface area contributed by atoms with Gasteiger partial charge in [-0.05, 0) is 31.6 Å². The van der Waals surface area contributed by atoms with Crippen molar-refractivity contribution in [2.75, 3.05) is 36.9 Å². The van der Waals surface area contributed by atoms with Crippen molar-refractivity contribution >= 4 is 11.6 Å². The highest BCUT2D eigenvalue weighted by molar-refractivity contribution is 5.47. The van der Waals surface area contributed by atoms with Crippen LogP contribution in [0.2, 0.25) is 0 Å². The van der Waals surface area contributed by atoms with Crippen LogP contribution < -0.4 is 10.6 Å². The Kier molecular flexibility index (Phi) is 6.73. The maximum absolute atomic E-state index is 5.40. The van der Waals surface area contributed by atoms with E-state index in [1.54, 1.807) is 0 Å². The summed E-state index contributed by atoms with van der Waals surface area (Å²) < 4.78 is 5.40. The van der Waals surface area contributed by atoms with E-state index in [1.807, 2.05) is 6.07 Å². The van der Waals surface area contributed by atoms with Crippen molar-refractivity contribution in [3.8, 4) is 0 Å². The molecule has 1 aliphatic heterocycles. The average Bonchev–Trinajstić information content (AvgIpc) is 2.52. The van der Waals surface area contributed by atoms with E-state index in [0.717, 1.165) is 75.9 Å². The molecule has 1 aliphatic rings. The molecule has 0 spiro atoms. The monoisotopic (exact) mass is 292 g/mol. The maximum atomic E-state index is 5.40. The molecule has 21 heavy (non-hydrogen) atoms. The normalized spacial score (nSPS) is 15.9. The molecule has 0 aliphatic carbocycles. The standard InChI is InChI=1S/C16H28N4O/c1-3-5-14-19-15(17-8-4-2)11-16(20-14)18-12-13-6-9-21-10-7-13/h11,13H,3-10,12H2,1-2H3,(H2,17,18,19,20). The quantitative estimate of drug-likeness (QED) is 0.771. The minimum absolute atomic E-state index is 0.690. The van der Waals surface area contributed by atoms with Gasteiger partial charge in [-0.1, -0.05) is 13.8 Å². The Morgan fingerprint density at radius 2 is 1.81 bits per heavy atom. The number of anilines is 2. The van der Waals surface area contributed by atoms with Crippen molar-refractivity contribution in [1.29, 1.82) is 0 Å². The molecule has 0 atom stereocenters. The second-order valence-electron chi connectivity index (χ2n) is 5.67. The van der Waals surface area contributed by atoms with Crippen LogP contribution in [0.4, 0.5) is 11.6 Å². The van der Waals surface area contributed by atoms with Gasteiger partial charge in [0.15, 0.2) is 0 Å². The summed E-state index contributed by atoms with van der Waals surface area (Å²) in [5, 5.41) is 6.84. The molecule has 1 saturated heterocycles. The average molecular weight is 292 g/mol. The highest BCUT2D eigenvalue weighted by Gasteiger charge is 2.14. The summed E-state index contributed by atoms with van der Waals surface area (Å²) in [5.41, 5.74) is 0. The van der Waals surface area contributed by atoms with E-state index in [1.165, 1.54) is 0 Å². The molecule has 1 aromatic rings. The van der Waals surface area contributed by atoms with E-state index >= 15 is 0 Å². The molecular weight excluding hydrogens is 264 g/mol. The van der Waals surface area contributed by atoms with Crippen LogP contribution in [0.1, 0.15) is 45.4 Å². The molecule has 1 aromatic heterocycles. The molecule has 2 N–H and O–H groups in total. The van der Waals surface area contributed by atoms with Gasteiger partial charge in [0.1, 0.15) is 17.5 Å². The summed E-state index contributed by atoms with van der Waals surface area (Å²) in [6, 6.07) is 2.02. The summed E-state index contributed by atoms with van der Waals surface area (Å²) >= 11 is 0. The zero-order valence-corrected chi connectivity index (χ0v) is 13.3. The first kappa shape index (κ1) is 16.0. The van der Waals surface area contributed by atoms with Crippen LogP contribution in [-0.2, 0) is 11.2 Å². The Hall–Kier alpha value is -1.36. The van der Waals surface area contributed by atoms with E-state index in [0.29, 0.717) is 5.92 Å². The Balaban J connectivity index is 1.96. The van der Waals surface area contributed by atoms with Gasteiger partial charge in [0.2, 0.25) is 0 Å². The highest BCUT2D eigenvalue weighted by atomic mass is 16.5. The van der Waals surface area contributed by atoms with Gasteiger partial charge in [0.05, 0.1) is 0 Å². The van der Waals surface area contributed by atoms with Gasteiger partial charge in [-0.2, -0.15) is 0 Å². The van der Waals surface area contributed by atoms with Crippen molar-refractivity contribution in [3.05, 3.63) is 11.9 Å². The number of nitrogens with zero attached hydrogens (tertiary/aromatic N) is 2. The Morgan fingerprint density at radius 3 is 2.48 bits per heavy atom. The van der Waals surface area contributed by atoms with Crippen LogP contribution in [0.3, 0.4) is 0 Å². The predicted octanol–water partition coefficient (Wildman–Crippen LogP) is 3.09. The molecule has 5 heteroatoms. The molecule has 0 bridgehead atoms. The fourth-order valence-electron chi connectivity index (χ4n) is 2.47. The number of aromatic nitrogens is 2. The Morgan fingerprint density at radius 1 is 1.10 bits per heavy atom. The molecule has 118 valence electrons. The molecule has 2 heterocycles. The molecule has 1 fully saturated rings. The topological polar surface area (TPSA) is 59.1 Å². The summed E-state index contributed by atoms with van der Waals surface area (Å²) in [5.74, 6) is 3.49. The zero-order chi connectivity index (χ0) is 14.9. The molecule has 0 radical (unpaired) electrons. The SMILES string of the molecule is CCCNc1cc(NCC2CCOCC2)nc(CCC)n1. The third kappa shape index (κ3) is 5.50. The molecule has 0 saturated carbocycles. The summed E-state index contributed by atoms with van der Waals surface area (Å²) in [6.45, 7) is 8.01. The Labute approximate surface area is 127 Å². The van der Waals surface area contributed by atoms with Gasteiger partial charge in [-0.15, -0.1) is 0 Å². The molecule has 5 nitrogen and oxygen atoms in total. The third-order valence-electron chi connectivity index (χ3n) is 3.71. The lowest BCUT2D eigenvalue weighted by atomic mass is 10.0. The second kappa shape index (κ2) is 8.82. The van der Waals surface area contributed by atoms with Crippen LogP contribution in [0.5, 0.6) is 0 Å². The number of hydrogen-bond acceptors (Lipinski definition) is 5. The predicted molar refractivity (Wildman–Crippen MR) is 86.8 cm³/mol. The van der Waals surface area contributed by atoms with Crippen LogP contribution in [-0.4, -0.2) is 36.3 Å². The second-order valence-corrected chi connectivity index (χ2v) is 5.67.